The van der Waals surface area contributed by atoms with Gasteiger partial charge in [0.15, 0.2) is 0 Å². The van der Waals surface area contributed by atoms with Gasteiger partial charge in [0.1, 0.15) is 10.1 Å². The molecule has 1 atom stereocenters. The molecule has 0 radical (unpaired) electrons. The molecule has 1 aromatic rings. The number of halogens is 1. The van der Waals surface area contributed by atoms with Crippen LogP contribution < -0.4 is 4.74 Å². The minimum atomic E-state index is -0.0578. The highest BCUT2D eigenvalue weighted by molar-refractivity contribution is 9.10. The number of hydrogen-bond donors (Lipinski definition) is 0. The molecule has 0 aliphatic carbocycles. The van der Waals surface area contributed by atoms with E-state index in [1.54, 1.807) is 12.0 Å². The molecule has 0 saturated carbocycles. The van der Waals surface area contributed by atoms with Crippen LogP contribution in [-0.4, -0.2) is 41.5 Å². The number of carbonyl (C=O) groups is 1. The average Bonchev–Trinajstić information content (AvgIpc) is 3.12. The van der Waals surface area contributed by atoms with Crippen LogP contribution in [0.25, 0.3) is 6.08 Å². The van der Waals surface area contributed by atoms with E-state index in [0.717, 1.165) is 35.2 Å². The molecule has 0 aromatic heterocycles. The predicted octanol–water partition coefficient (Wildman–Crippen LogP) is 3.84. The molecule has 1 aromatic carbocycles. The molecule has 1 amide bonds. The normalized spacial score (nSPS) is 23.1. The zero-order chi connectivity index (χ0) is 16.4. The molecule has 23 heavy (non-hydrogen) atoms. The molecule has 0 unspecified atom stereocenters. The molecule has 2 aliphatic rings. The van der Waals surface area contributed by atoms with Crippen LogP contribution in [0.3, 0.4) is 0 Å². The van der Waals surface area contributed by atoms with Crippen molar-refractivity contribution in [3.63, 3.8) is 0 Å². The van der Waals surface area contributed by atoms with Crippen LogP contribution in [0.15, 0.2) is 27.6 Å². The first kappa shape index (κ1) is 17.0. The summed E-state index contributed by atoms with van der Waals surface area (Å²) in [5.74, 6) is 0.662. The Bertz CT molecular complexity index is 671. The zero-order valence-electron chi connectivity index (χ0n) is 12.6. The molecule has 0 spiro atoms. The van der Waals surface area contributed by atoms with Crippen molar-refractivity contribution in [3.05, 3.63) is 33.1 Å². The van der Waals surface area contributed by atoms with Crippen molar-refractivity contribution in [1.29, 1.82) is 0 Å². The Labute approximate surface area is 153 Å². The highest BCUT2D eigenvalue weighted by atomic mass is 79.9. The molecular weight excluding hydrogens is 398 g/mol. The fraction of sp³-hybridized carbons (Fsp3) is 0.375. The maximum absolute atomic E-state index is 12.6. The Hall–Kier alpha value is -0.890. The van der Waals surface area contributed by atoms with E-state index in [4.69, 9.17) is 21.7 Å². The SMILES string of the molecule is COc1ccc(Br)cc1/C=C1\SC(=S)N(C[C@@H]2CCCO2)C1=O. The molecule has 122 valence electrons. The van der Waals surface area contributed by atoms with Gasteiger partial charge < -0.3 is 9.47 Å². The maximum atomic E-state index is 12.6. The summed E-state index contributed by atoms with van der Waals surface area (Å²) in [6.45, 7) is 1.31. The summed E-state index contributed by atoms with van der Waals surface area (Å²) in [7, 11) is 1.61. The molecule has 2 saturated heterocycles. The second-order valence-electron chi connectivity index (χ2n) is 5.31. The fourth-order valence-electron chi connectivity index (χ4n) is 2.61. The topological polar surface area (TPSA) is 38.8 Å². The van der Waals surface area contributed by atoms with Gasteiger partial charge in [0.05, 0.1) is 24.7 Å². The van der Waals surface area contributed by atoms with Crippen molar-refractivity contribution >= 4 is 56.2 Å². The molecule has 4 nitrogen and oxygen atoms in total. The minimum Gasteiger partial charge on any atom is -0.496 e. The summed E-state index contributed by atoms with van der Waals surface area (Å²) in [4.78, 5) is 14.9. The molecule has 2 fully saturated rings. The van der Waals surface area contributed by atoms with Gasteiger partial charge in [0, 0.05) is 16.6 Å². The largest absolute Gasteiger partial charge is 0.496 e. The number of rotatable bonds is 4. The lowest BCUT2D eigenvalue weighted by Crippen LogP contribution is -2.35. The van der Waals surface area contributed by atoms with Crippen molar-refractivity contribution in [2.75, 3.05) is 20.3 Å². The van der Waals surface area contributed by atoms with Crippen molar-refractivity contribution in [1.82, 2.24) is 4.90 Å². The van der Waals surface area contributed by atoms with Gasteiger partial charge in [-0.1, -0.05) is 39.9 Å². The lowest BCUT2D eigenvalue weighted by atomic mass is 10.2. The molecule has 3 rings (SSSR count). The van der Waals surface area contributed by atoms with Crippen molar-refractivity contribution < 1.29 is 14.3 Å². The first-order valence-electron chi connectivity index (χ1n) is 7.29. The van der Waals surface area contributed by atoms with Gasteiger partial charge in [0.2, 0.25) is 0 Å². The number of methoxy groups -OCH3 is 1. The number of hydrogen-bond acceptors (Lipinski definition) is 5. The third kappa shape index (κ3) is 3.79. The van der Waals surface area contributed by atoms with Crippen molar-refractivity contribution in [3.8, 4) is 5.75 Å². The van der Waals surface area contributed by atoms with Crippen LogP contribution >= 0.6 is 39.9 Å². The molecule has 0 N–H and O–H groups in total. The van der Waals surface area contributed by atoms with Crippen LogP contribution in [0.4, 0.5) is 0 Å². The van der Waals surface area contributed by atoms with Crippen LogP contribution in [0.1, 0.15) is 18.4 Å². The van der Waals surface area contributed by atoms with E-state index < -0.39 is 0 Å². The summed E-state index contributed by atoms with van der Waals surface area (Å²) < 4.78 is 12.5. The molecule has 2 aliphatic heterocycles. The second kappa shape index (κ2) is 7.34. The smallest absolute Gasteiger partial charge is 0.266 e. The summed E-state index contributed by atoms with van der Waals surface area (Å²) in [6, 6.07) is 5.69. The summed E-state index contributed by atoms with van der Waals surface area (Å²) in [6.07, 6.45) is 3.95. The van der Waals surface area contributed by atoms with Crippen molar-refractivity contribution in [2.24, 2.45) is 0 Å². The minimum absolute atomic E-state index is 0.0578. The quantitative estimate of drug-likeness (QED) is 0.553. The lowest BCUT2D eigenvalue weighted by molar-refractivity contribution is -0.123. The average molecular weight is 414 g/mol. The van der Waals surface area contributed by atoms with E-state index >= 15 is 0 Å². The number of thiocarbonyl (C=S) groups is 1. The Kier molecular flexibility index (Phi) is 5.41. The highest BCUT2D eigenvalue weighted by Crippen LogP contribution is 2.35. The fourth-order valence-corrected chi connectivity index (χ4v) is 4.25. The molecule has 7 heteroatoms. The van der Waals surface area contributed by atoms with Gasteiger partial charge in [-0.15, -0.1) is 0 Å². The number of thioether (sulfide) groups is 1. The third-order valence-corrected chi connectivity index (χ3v) is 5.63. The number of benzene rings is 1. The standard InChI is InChI=1S/C16H16BrNO3S2/c1-20-13-5-4-11(17)7-10(13)8-14-15(19)18(16(22)23-14)9-12-3-2-6-21-12/h4-5,7-8,12H,2-3,6,9H2,1H3/b14-8-/t12-/m0/s1. The van der Waals surface area contributed by atoms with Crippen molar-refractivity contribution in [2.45, 2.75) is 18.9 Å². The number of nitrogens with zero attached hydrogens (tertiary/aromatic N) is 1. The van der Waals surface area contributed by atoms with Gasteiger partial charge in [-0.05, 0) is 37.1 Å². The summed E-state index contributed by atoms with van der Waals surface area (Å²) in [5.41, 5.74) is 0.847. The Morgan fingerprint density at radius 3 is 3.09 bits per heavy atom. The predicted molar refractivity (Wildman–Crippen MR) is 99.5 cm³/mol. The first-order chi connectivity index (χ1) is 11.1. The van der Waals surface area contributed by atoms with E-state index in [0.29, 0.717) is 15.8 Å². The number of ether oxygens (including phenoxy) is 2. The van der Waals surface area contributed by atoms with E-state index in [2.05, 4.69) is 15.9 Å². The van der Waals surface area contributed by atoms with E-state index in [1.807, 2.05) is 24.3 Å². The van der Waals surface area contributed by atoms with Gasteiger partial charge in [-0.2, -0.15) is 0 Å². The monoisotopic (exact) mass is 413 g/mol. The van der Waals surface area contributed by atoms with E-state index in [-0.39, 0.29) is 12.0 Å². The van der Waals surface area contributed by atoms with E-state index in [1.165, 1.54) is 11.8 Å². The number of carbonyl (C=O) groups excluding carboxylic acids is 1. The summed E-state index contributed by atoms with van der Waals surface area (Å²) >= 11 is 10.1. The van der Waals surface area contributed by atoms with E-state index in [9.17, 15) is 4.79 Å². The molecule has 2 heterocycles. The van der Waals surface area contributed by atoms with Gasteiger partial charge in [-0.3, -0.25) is 9.69 Å². The number of amides is 1. The van der Waals surface area contributed by atoms with Gasteiger partial charge in [-0.25, -0.2) is 0 Å². The Morgan fingerprint density at radius 1 is 1.57 bits per heavy atom. The van der Waals surface area contributed by atoms with Crippen LogP contribution in [0, 0.1) is 0 Å². The second-order valence-corrected chi connectivity index (χ2v) is 7.91. The Balaban J connectivity index is 1.82. The van der Waals surface area contributed by atoms with Crippen LogP contribution in [0.2, 0.25) is 0 Å². The van der Waals surface area contributed by atoms with Gasteiger partial charge in [0.25, 0.3) is 5.91 Å². The molecular formula is C16H16BrNO3S2. The molecule has 0 bridgehead atoms. The summed E-state index contributed by atoms with van der Waals surface area (Å²) in [5, 5.41) is 0. The Morgan fingerprint density at radius 2 is 2.39 bits per heavy atom. The highest BCUT2D eigenvalue weighted by Gasteiger charge is 2.34. The van der Waals surface area contributed by atoms with Gasteiger partial charge >= 0.3 is 0 Å². The lowest BCUT2D eigenvalue weighted by Gasteiger charge is -2.18. The third-order valence-electron chi connectivity index (χ3n) is 3.76. The van der Waals surface area contributed by atoms with Crippen LogP contribution in [-0.2, 0) is 9.53 Å². The first-order valence-corrected chi connectivity index (χ1v) is 9.31. The maximum Gasteiger partial charge on any atom is 0.266 e. The van der Waals surface area contributed by atoms with Crippen LogP contribution in [0.5, 0.6) is 5.75 Å². The zero-order valence-corrected chi connectivity index (χ0v) is 15.8.